The fourth-order valence-electron chi connectivity index (χ4n) is 3.73. The molecule has 1 saturated heterocycles. The Bertz CT molecular complexity index is 782. The van der Waals surface area contributed by atoms with Crippen molar-refractivity contribution in [3.05, 3.63) is 64.7 Å². The van der Waals surface area contributed by atoms with Gasteiger partial charge in [0, 0.05) is 29.3 Å². The van der Waals surface area contributed by atoms with Crippen molar-refractivity contribution in [1.29, 1.82) is 0 Å². The highest BCUT2D eigenvalue weighted by atomic mass is 32.2. The van der Waals surface area contributed by atoms with Crippen LogP contribution in [0.4, 0.5) is 0 Å². The van der Waals surface area contributed by atoms with Crippen molar-refractivity contribution < 1.29 is 4.79 Å². The van der Waals surface area contributed by atoms with Gasteiger partial charge in [0.05, 0.1) is 0 Å². The summed E-state index contributed by atoms with van der Waals surface area (Å²) in [5.41, 5.74) is 4.64. The molecule has 0 saturated carbocycles. The highest BCUT2D eigenvalue weighted by molar-refractivity contribution is 7.98. The number of carbonyl (C=O) groups excluding carboxylic acids is 1. The van der Waals surface area contributed by atoms with Crippen LogP contribution in [0, 0.1) is 19.8 Å². The largest absolute Gasteiger partial charge is 0.339 e. The van der Waals surface area contributed by atoms with E-state index in [0.29, 0.717) is 5.92 Å². The van der Waals surface area contributed by atoms with E-state index in [9.17, 15) is 4.79 Å². The fraction of sp³-hybridized carbons (Fsp3) is 0.435. The van der Waals surface area contributed by atoms with Gasteiger partial charge in [-0.1, -0.05) is 29.8 Å². The second kappa shape index (κ2) is 9.43. The van der Waals surface area contributed by atoms with E-state index in [0.717, 1.165) is 43.8 Å². The number of thioether (sulfide) groups is 1. The van der Waals surface area contributed by atoms with Crippen LogP contribution in [0.1, 0.15) is 39.9 Å². The zero-order valence-corrected chi connectivity index (χ0v) is 17.4. The number of benzene rings is 2. The zero-order valence-electron chi connectivity index (χ0n) is 16.6. The number of nitrogens with one attached hydrogen (secondary N) is 1. The van der Waals surface area contributed by atoms with Gasteiger partial charge in [0.1, 0.15) is 0 Å². The molecule has 0 aliphatic carbocycles. The van der Waals surface area contributed by atoms with Gasteiger partial charge in [-0.15, -0.1) is 11.8 Å². The van der Waals surface area contributed by atoms with Crippen LogP contribution >= 0.6 is 11.8 Å². The molecule has 0 aromatic heterocycles. The molecule has 0 bridgehead atoms. The van der Waals surface area contributed by atoms with Crippen molar-refractivity contribution >= 4 is 17.7 Å². The van der Waals surface area contributed by atoms with Gasteiger partial charge in [-0.2, -0.15) is 0 Å². The van der Waals surface area contributed by atoms with Gasteiger partial charge in [-0.3, -0.25) is 4.79 Å². The molecule has 1 fully saturated rings. The smallest absolute Gasteiger partial charge is 0.253 e. The molecule has 2 aromatic rings. The van der Waals surface area contributed by atoms with Gasteiger partial charge >= 0.3 is 0 Å². The van der Waals surface area contributed by atoms with Gasteiger partial charge < -0.3 is 10.2 Å². The summed E-state index contributed by atoms with van der Waals surface area (Å²) in [7, 11) is 2.00. The van der Waals surface area contributed by atoms with E-state index in [2.05, 4.69) is 49.5 Å². The molecule has 27 heavy (non-hydrogen) atoms. The first kappa shape index (κ1) is 20.0. The Labute approximate surface area is 167 Å². The maximum absolute atomic E-state index is 12.9. The summed E-state index contributed by atoms with van der Waals surface area (Å²) >= 11 is 1.84. The lowest BCUT2D eigenvalue weighted by atomic mass is 9.96. The third-order valence-electron chi connectivity index (χ3n) is 5.29. The SMILES string of the molecule is CNCC1CCN(C(=O)c2cccc(CSc3ccc(C)cc3C)c2)CC1. The summed E-state index contributed by atoms with van der Waals surface area (Å²) < 4.78 is 0. The molecule has 0 radical (unpaired) electrons. The normalized spacial score (nSPS) is 15.1. The van der Waals surface area contributed by atoms with E-state index in [1.807, 2.05) is 35.8 Å². The Hall–Kier alpha value is -1.78. The molecule has 3 nitrogen and oxygen atoms in total. The van der Waals surface area contributed by atoms with Crippen LogP contribution in [0.2, 0.25) is 0 Å². The summed E-state index contributed by atoms with van der Waals surface area (Å²) in [6.45, 7) is 7.07. The third-order valence-corrected chi connectivity index (χ3v) is 6.54. The van der Waals surface area contributed by atoms with Crippen molar-refractivity contribution in [1.82, 2.24) is 10.2 Å². The molecule has 1 heterocycles. The fourth-order valence-corrected chi connectivity index (χ4v) is 4.68. The first-order chi connectivity index (χ1) is 13.1. The number of aryl methyl sites for hydroxylation is 2. The molecule has 1 aliphatic heterocycles. The molecule has 1 amide bonds. The van der Waals surface area contributed by atoms with Gasteiger partial charge in [0.2, 0.25) is 0 Å². The van der Waals surface area contributed by atoms with Gasteiger partial charge in [-0.05, 0) is 75.5 Å². The lowest BCUT2D eigenvalue weighted by molar-refractivity contribution is 0.0691. The predicted molar refractivity (Wildman–Crippen MR) is 114 cm³/mol. The average Bonchev–Trinajstić information content (AvgIpc) is 2.68. The molecular weight excluding hydrogens is 352 g/mol. The highest BCUT2D eigenvalue weighted by Crippen LogP contribution is 2.27. The van der Waals surface area contributed by atoms with Crippen molar-refractivity contribution in [3.63, 3.8) is 0 Å². The lowest BCUT2D eigenvalue weighted by Gasteiger charge is -2.32. The minimum Gasteiger partial charge on any atom is -0.339 e. The molecule has 1 aliphatic rings. The van der Waals surface area contributed by atoms with Crippen LogP contribution in [-0.4, -0.2) is 37.5 Å². The summed E-state index contributed by atoms with van der Waals surface area (Å²) in [6.07, 6.45) is 2.18. The Kier molecular flexibility index (Phi) is 6.97. The molecule has 4 heteroatoms. The zero-order chi connectivity index (χ0) is 19.2. The van der Waals surface area contributed by atoms with Crippen molar-refractivity contribution in [2.75, 3.05) is 26.7 Å². The number of rotatable bonds is 6. The van der Waals surface area contributed by atoms with Crippen LogP contribution in [-0.2, 0) is 5.75 Å². The van der Waals surface area contributed by atoms with E-state index in [1.54, 1.807) is 0 Å². The third kappa shape index (κ3) is 5.36. The molecular formula is C23H30N2OS. The minimum atomic E-state index is 0.177. The van der Waals surface area contributed by atoms with Crippen LogP contribution in [0.25, 0.3) is 0 Å². The monoisotopic (exact) mass is 382 g/mol. The topological polar surface area (TPSA) is 32.3 Å². The Morgan fingerprint density at radius 1 is 1.15 bits per heavy atom. The number of hydrogen-bond acceptors (Lipinski definition) is 3. The molecule has 3 rings (SSSR count). The van der Waals surface area contributed by atoms with Crippen molar-refractivity contribution in [3.8, 4) is 0 Å². The van der Waals surface area contributed by atoms with Crippen LogP contribution in [0.3, 0.4) is 0 Å². The Morgan fingerprint density at radius 3 is 2.63 bits per heavy atom. The van der Waals surface area contributed by atoms with Gasteiger partial charge in [0.15, 0.2) is 0 Å². The quantitative estimate of drug-likeness (QED) is 0.737. The molecule has 2 aromatic carbocycles. The Balaban J connectivity index is 1.60. The lowest BCUT2D eigenvalue weighted by Crippen LogP contribution is -2.40. The maximum Gasteiger partial charge on any atom is 0.253 e. The maximum atomic E-state index is 12.9. The molecule has 144 valence electrons. The van der Waals surface area contributed by atoms with Gasteiger partial charge in [-0.25, -0.2) is 0 Å². The summed E-state index contributed by atoms with van der Waals surface area (Å²) in [5, 5.41) is 3.25. The number of likely N-dealkylation sites (tertiary alicyclic amines) is 1. The Morgan fingerprint density at radius 2 is 1.93 bits per heavy atom. The summed E-state index contributed by atoms with van der Waals surface area (Å²) in [6, 6.07) is 14.7. The number of amides is 1. The molecule has 1 N–H and O–H groups in total. The van der Waals surface area contributed by atoms with Crippen molar-refractivity contribution in [2.45, 2.75) is 37.3 Å². The van der Waals surface area contributed by atoms with E-state index in [1.165, 1.54) is 21.6 Å². The molecule has 0 unspecified atom stereocenters. The van der Waals surface area contributed by atoms with E-state index < -0.39 is 0 Å². The van der Waals surface area contributed by atoms with Gasteiger partial charge in [0.25, 0.3) is 5.91 Å². The van der Waals surface area contributed by atoms with E-state index in [-0.39, 0.29) is 5.91 Å². The predicted octanol–water partition coefficient (Wildman–Crippen LogP) is 4.67. The standard InChI is InChI=1S/C23H30N2OS/c1-17-7-8-22(18(2)13-17)27-16-20-5-4-6-21(14-20)23(26)25-11-9-19(10-12-25)15-24-3/h4-8,13-14,19,24H,9-12,15-16H2,1-3H3. The molecule has 0 atom stereocenters. The van der Waals surface area contributed by atoms with Crippen LogP contribution in [0.5, 0.6) is 0 Å². The second-order valence-corrected chi connectivity index (χ2v) is 8.57. The number of hydrogen-bond donors (Lipinski definition) is 1. The molecule has 0 spiro atoms. The summed E-state index contributed by atoms with van der Waals surface area (Å²) in [5.74, 6) is 1.76. The first-order valence-electron chi connectivity index (χ1n) is 9.79. The average molecular weight is 383 g/mol. The van der Waals surface area contributed by atoms with Crippen LogP contribution in [0.15, 0.2) is 47.4 Å². The minimum absolute atomic E-state index is 0.177. The highest BCUT2D eigenvalue weighted by Gasteiger charge is 2.23. The van der Waals surface area contributed by atoms with Crippen molar-refractivity contribution in [2.24, 2.45) is 5.92 Å². The number of carbonyl (C=O) groups is 1. The summed E-state index contributed by atoms with van der Waals surface area (Å²) in [4.78, 5) is 16.2. The number of nitrogens with zero attached hydrogens (tertiary/aromatic N) is 1. The van der Waals surface area contributed by atoms with Crippen LogP contribution < -0.4 is 5.32 Å². The first-order valence-corrected chi connectivity index (χ1v) is 10.8. The van der Waals surface area contributed by atoms with E-state index in [4.69, 9.17) is 0 Å². The number of piperidine rings is 1. The van der Waals surface area contributed by atoms with E-state index >= 15 is 0 Å². The second-order valence-electron chi connectivity index (χ2n) is 7.55.